The number of nitrogens with zero attached hydrogens (tertiary/aromatic N) is 1. The van der Waals surface area contributed by atoms with E-state index in [1.165, 1.54) is 0 Å². The molecule has 0 aliphatic heterocycles. The highest BCUT2D eigenvalue weighted by Gasteiger charge is 2.10. The second-order valence-electron chi connectivity index (χ2n) is 4.10. The molecule has 1 rings (SSSR count). The van der Waals surface area contributed by atoms with Crippen molar-refractivity contribution in [2.75, 3.05) is 0 Å². The van der Waals surface area contributed by atoms with Gasteiger partial charge in [0.1, 0.15) is 11.4 Å². The van der Waals surface area contributed by atoms with Gasteiger partial charge in [-0.15, -0.1) is 0 Å². The largest absolute Gasteiger partial charge is 0.488 e. The molecule has 0 bridgehead atoms. The first-order valence-corrected chi connectivity index (χ1v) is 4.70. The van der Waals surface area contributed by atoms with Crippen LogP contribution < -0.4 is 4.74 Å². The fourth-order valence-corrected chi connectivity index (χ4v) is 1.06. The molecule has 1 aromatic carbocycles. The van der Waals surface area contributed by atoms with E-state index in [9.17, 15) is 0 Å². The van der Waals surface area contributed by atoms with E-state index < -0.39 is 0 Å². The van der Waals surface area contributed by atoms with Crippen LogP contribution in [0.15, 0.2) is 24.3 Å². The van der Waals surface area contributed by atoms with Gasteiger partial charge >= 0.3 is 0 Å². The summed E-state index contributed by atoms with van der Waals surface area (Å²) in [5.74, 6) is 5.87. The van der Waals surface area contributed by atoms with Crippen molar-refractivity contribution in [3.05, 3.63) is 29.8 Å². The summed E-state index contributed by atoms with van der Waals surface area (Å²) in [7, 11) is 0. The maximum Gasteiger partial charge on any atom is 0.152 e. The minimum atomic E-state index is -0.195. The fourth-order valence-electron chi connectivity index (χ4n) is 1.06. The molecule has 1 aromatic rings. The van der Waals surface area contributed by atoms with Gasteiger partial charge in [-0.2, -0.15) is 5.26 Å². The first kappa shape index (κ1) is 11.1. The van der Waals surface area contributed by atoms with E-state index in [-0.39, 0.29) is 5.60 Å². The molecule has 76 valence electrons. The highest BCUT2D eigenvalue weighted by atomic mass is 16.5. The van der Waals surface area contributed by atoms with Crippen LogP contribution in [0.25, 0.3) is 0 Å². The number of benzene rings is 1. The van der Waals surface area contributed by atoms with Crippen molar-refractivity contribution in [1.82, 2.24) is 0 Å². The number of hydrogen-bond acceptors (Lipinski definition) is 2. The van der Waals surface area contributed by atoms with E-state index in [0.717, 1.165) is 11.3 Å². The molecule has 2 nitrogen and oxygen atoms in total. The summed E-state index contributed by atoms with van der Waals surface area (Å²) >= 11 is 0. The quantitative estimate of drug-likeness (QED) is 0.651. The first-order chi connectivity index (χ1) is 7.01. The Morgan fingerprint density at radius 1 is 1.13 bits per heavy atom. The van der Waals surface area contributed by atoms with Gasteiger partial charge in [0.2, 0.25) is 0 Å². The van der Waals surface area contributed by atoms with Crippen LogP contribution in [0.5, 0.6) is 5.75 Å². The van der Waals surface area contributed by atoms with Gasteiger partial charge in [0.15, 0.2) is 6.07 Å². The Bertz CT molecular complexity index is 421. The van der Waals surface area contributed by atoms with Gasteiger partial charge in [0.05, 0.1) is 0 Å². The molecule has 0 aliphatic carbocycles. The average Bonchev–Trinajstić information content (AvgIpc) is 2.14. The van der Waals surface area contributed by atoms with Gasteiger partial charge in [-0.05, 0) is 45.0 Å². The third kappa shape index (κ3) is 4.20. The maximum atomic E-state index is 8.29. The number of nitriles is 1. The maximum absolute atomic E-state index is 8.29. The zero-order chi connectivity index (χ0) is 11.3. The highest BCUT2D eigenvalue weighted by molar-refractivity contribution is 5.40. The Kier molecular flexibility index (Phi) is 3.37. The fraction of sp³-hybridized carbons (Fsp3) is 0.308. The van der Waals surface area contributed by atoms with Crippen molar-refractivity contribution in [2.24, 2.45) is 0 Å². The second kappa shape index (κ2) is 4.53. The summed E-state index contributed by atoms with van der Waals surface area (Å²) in [6, 6.07) is 9.16. The molecule has 0 aliphatic rings. The topological polar surface area (TPSA) is 33.0 Å². The molecule has 0 saturated heterocycles. The lowest BCUT2D eigenvalue weighted by Gasteiger charge is -2.21. The number of hydrogen-bond donors (Lipinski definition) is 0. The molecule has 0 amide bonds. The Morgan fingerprint density at radius 3 is 2.20 bits per heavy atom. The van der Waals surface area contributed by atoms with Crippen LogP contribution in [0.2, 0.25) is 0 Å². The van der Waals surface area contributed by atoms with Crippen LogP contribution in [-0.2, 0) is 0 Å². The molecule has 0 fully saturated rings. The van der Waals surface area contributed by atoms with Gasteiger partial charge in [-0.3, -0.25) is 0 Å². The van der Waals surface area contributed by atoms with Gasteiger partial charge in [0.25, 0.3) is 0 Å². The predicted octanol–water partition coefficient (Wildman–Crippen LogP) is 2.74. The molecule has 0 radical (unpaired) electrons. The van der Waals surface area contributed by atoms with E-state index in [1.807, 2.05) is 45.0 Å². The molecular weight excluding hydrogens is 186 g/mol. The number of ether oxygens (including phenoxy) is 1. The molecule has 0 spiro atoms. The van der Waals surface area contributed by atoms with Crippen LogP contribution >= 0.6 is 0 Å². The zero-order valence-corrected chi connectivity index (χ0v) is 9.16. The molecule has 0 aromatic heterocycles. The molecular formula is C13H13NO. The standard InChI is InChI=1S/C13H13NO/c1-13(2,3)15-12-8-6-11(7-9-12)5-4-10-14/h6-9H,1-3H3. The van der Waals surface area contributed by atoms with Gasteiger partial charge in [-0.25, -0.2) is 0 Å². The van der Waals surface area contributed by atoms with Crippen molar-refractivity contribution in [1.29, 1.82) is 5.26 Å². The SMILES string of the molecule is CC(C)(C)Oc1ccc(C#CC#N)cc1. The Labute approximate surface area is 90.5 Å². The third-order valence-corrected chi connectivity index (χ3v) is 1.54. The summed E-state index contributed by atoms with van der Waals surface area (Å²) in [5, 5.41) is 8.29. The van der Waals surface area contributed by atoms with Crippen LogP contribution in [0.3, 0.4) is 0 Å². The summed E-state index contributed by atoms with van der Waals surface area (Å²) in [6.45, 7) is 5.99. The Morgan fingerprint density at radius 2 is 1.73 bits per heavy atom. The van der Waals surface area contributed by atoms with Crippen molar-refractivity contribution < 1.29 is 4.74 Å². The summed E-state index contributed by atoms with van der Waals surface area (Å²) in [4.78, 5) is 0. The summed E-state index contributed by atoms with van der Waals surface area (Å²) in [6.07, 6.45) is 0. The average molecular weight is 199 g/mol. The lowest BCUT2D eigenvalue weighted by atomic mass is 10.2. The van der Waals surface area contributed by atoms with Crippen molar-refractivity contribution in [2.45, 2.75) is 26.4 Å². The lowest BCUT2D eigenvalue weighted by Crippen LogP contribution is -2.22. The monoisotopic (exact) mass is 199 g/mol. The second-order valence-corrected chi connectivity index (χ2v) is 4.10. The molecule has 2 heteroatoms. The molecule has 0 unspecified atom stereocenters. The van der Waals surface area contributed by atoms with Crippen LogP contribution in [-0.4, -0.2) is 5.60 Å². The summed E-state index contributed by atoms with van der Waals surface area (Å²) < 4.78 is 5.65. The van der Waals surface area contributed by atoms with Gasteiger partial charge < -0.3 is 4.74 Å². The molecule has 0 heterocycles. The van der Waals surface area contributed by atoms with E-state index in [0.29, 0.717) is 0 Å². The smallest absolute Gasteiger partial charge is 0.152 e. The molecule has 0 N–H and O–H groups in total. The van der Waals surface area contributed by atoms with Crippen LogP contribution in [0.1, 0.15) is 26.3 Å². The first-order valence-electron chi connectivity index (χ1n) is 4.70. The van der Waals surface area contributed by atoms with E-state index >= 15 is 0 Å². The van der Waals surface area contributed by atoms with Crippen molar-refractivity contribution >= 4 is 0 Å². The van der Waals surface area contributed by atoms with Crippen molar-refractivity contribution in [3.8, 4) is 23.7 Å². The molecule has 15 heavy (non-hydrogen) atoms. The predicted molar refractivity (Wildman–Crippen MR) is 59.3 cm³/mol. The third-order valence-electron chi connectivity index (χ3n) is 1.54. The molecule has 0 atom stereocenters. The highest BCUT2D eigenvalue weighted by Crippen LogP contribution is 2.17. The van der Waals surface area contributed by atoms with E-state index in [2.05, 4.69) is 11.8 Å². The van der Waals surface area contributed by atoms with E-state index in [1.54, 1.807) is 6.07 Å². The van der Waals surface area contributed by atoms with Gasteiger partial charge in [-0.1, -0.05) is 5.92 Å². The zero-order valence-electron chi connectivity index (χ0n) is 9.16. The van der Waals surface area contributed by atoms with Crippen LogP contribution in [0, 0.1) is 23.2 Å². The minimum Gasteiger partial charge on any atom is -0.488 e. The Hall–Kier alpha value is -1.93. The van der Waals surface area contributed by atoms with Crippen LogP contribution in [0.4, 0.5) is 0 Å². The molecule has 0 saturated carbocycles. The normalized spacial score (nSPS) is 9.73. The van der Waals surface area contributed by atoms with E-state index in [4.69, 9.17) is 10.00 Å². The summed E-state index contributed by atoms with van der Waals surface area (Å²) in [5.41, 5.74) is 0.623. The lowest BCUT2D eigenvalue weighted by molar-refractivity contribution is 0.131. The van der Waals surface area contributed by atoms with Gasteiger partial charge in [0, 0.05) is 11.5 Å². The minimum absolute atomic E-state index is 0.195. The Balaban J connectivity index is 2.78. The van der Waals surface area contributed by atoms with Crippen molar-refractivity contribution in [3.63, 3.8) is 0 Å². The number of rotatable bonds is 1.